The van der Waals surface area contributed by atoms with E-state index in [2.05, 4.69) is 29.2 Å². The average molecular weight is 534 g/mol. The zero-order valence-electron chi connectivity index (χ0n) is 21.6. The molecular formula is C31H35NO5S. The largest absolute Gasteiger partial charge is 0.491 e. The molecule has 1 aromatic heterocycles. The van der Waals surface area contributed by atoms with Gasteiger partial charge in [0.2, 0.25) is 0 Å². The van der Waals surface area contributed by atoms with Gasteiger partial charge < -0.3 is 14.9 Å². The minimum atomic E-state index is -1.04. The predicted molar refractivity (Wildman–Crippen MR) is 153 cm³/mol. The number of carboxylic acid groups (broad SMARTS) is 2. The maximum absolute atomic E-state index is 11.2. The molecule has 7 heteroatoms. The molecule has 38 heavy (non-hydrogen) atoms. The first-order chi connectivity index (χ1) is 18.5. The number of ether oxygens (including phenoxy) is 1. The number of aryl methyl sites for hydroxylation is 1. The molecule has 0 aliphatic heterocycles. The highest BCUT2D eigenvalue weighted by atomic mass is 32.2. The number of aromatic carboxylic acids is 1. The molecule has 3 aromatic rings. The molecule has 2 N–H and O–H groups in total. The minimum Gasteiger partial charge on any atom is -0.491 e. The van der Waals surface area contributed by atoms with Crippen LogP contribution in [0.5, 0.6) is 5.75 Å². The number of carbonyl (C=O) groups is 2. The molecule has 0 bridgehead atoms. The van der Waals surface area contributed by atoms with Crippen molar-refractivity contribution in [3.8, 4) is 5.75 Å². The van der Waals surface area contributed by atoms with Crippen LogP contribution < -0.4 is 4.74 Å². The van der Waals surface area contributed by atoms with E-state index in [9.17, 15) is 9.59 Å². The second-order valence-electron chi connectivity index (χ2n) is 9.06. The van der Waals surface area contributed by atoms with Crippen molar-refractivity contribution in [1.29, 1.82) is 0 Å². The van der Waals surface area contributed by atoms with Gasteiger partial charge in [-0.15, -0.1) is 0 Å². The molecule has 200 valence electrons. The second kappa shape index (κ2) is 16.3. The number of carboxylic acids is 2. The van der Waals surface area contributed by atoms with Crippen LogP contribution in [0.15, 0.2) is 72.8 Å². The Hall–Kier alpha value is -3.58. The Bertz CT molecular complexity index is 1200. The number of nitrogens with zero attached hydrogens (tertiary/aromatic N) is 1. The van der Waals surface area contributed by atoms with E-state index in [1.54, 1.807) is 30.0 Å². The third-order valence-corrected chi connectivity index (χ3v) is 7.02. The lowest BCUT2D eigenvalue weighted by atomic mass is 10.1. The Morgan fingerprint density at radius 2 is 1.55 bits per heavy atom. The van der Waals surface area contributed by atoms with Crippen LogP contribution in [0.25, 0.3) is 6.08 Å². The Balaban J connectivity index is 1.41. The summed E-state index contributed by atoms with van der Waals surface area (Å²) in [6.45, 7) is 0.563. The molecule has 0 amide bonds. The number of aromatic nitrogens is 1. The first kappa shape index (κ1) is 29.0. The summed E-state index contributed by atoms with van der Waals surface area (Å²) in [7, 11) is 0. The summed E-state index contributed by atoms with van der Waals surface area (Å²) in [5, 5.41) is 18.2. The van der Waals surface area contributed by atoms with E-state index in [1.165, 1.54) is 37.3 Å². The number of thioether (sulfide) groups is 1. The van der Waals surface area contributed by atoms with Crippen molar-refractivity contribution < 1.29 is 24.5 Å². The topological polar surface area (TPSA) is 96.7 Å². The standard InChI is InChI=1S/C31H35NO5S/c33-30(34)19-17-28-29(37-20-9-4-2-1-3-6-11-24-12-7-5-8-13-24)18-16-27(32-28)23-38-22-25-14-10-15-26(21-25)31(35)36/h5,7-8,10,12-19,21H,1-4,6,9,11,20,22-23H2,(H,33,34)(H,35,36)/b19-17+. The normalized spacial score (nSPS) is 11.1. The Morgan fingerprint density at radius 1 is 0.816 bits per heavy atom. The zero-order chi connectivity index (χ0) is 27.0. The maximum atomic E-state index is 11.2. The van der Waals surface area contributed by atoms with Gasteiger partial charge in [-0.25, -0.2) is 14.6 Å². The van der Waals surface area contributed by atoms with Crippen molar-refractivity contribution >= 4 is 29.8 Å². The third kappa shape index (κ3) is 10.8. The number of pyridine rings is 1. The SMILES string of the molecule is O=C(O)/C=C/c1nc(CSCc2cccc(C(=O)O)c2)ccc1OCCCCCCCCc1ccccc1. The number of rotatable bonds is 17. The molecule has 0 unspecified atom stereocenters. The monoisotopic (exact) mass is 533 g/mol. The molecule has 0 saturated carbocycles. The molecule has 1 heterocycles. The number of unbranched alkanes of at least 4 members (excludes halogenated alkanes) is 5. The van der Waals surface area contributed by atoms with Crippen molar-refractivity contribution in [2.45, 2.75) is 56.5 Å². The van der Waals surface area contributed by atoms with E-state index < -0.39 is 11.9 Å². The molecular weight excluding hydrogens is 498 g/mol. The van der Waals surface area contributed by atoms with Gasteiger partial charge in [0, 0.05) is 17.6 Å². The van der Waals surface area contributed by atoms with Gasteiger partial charge in [-0.05, 0) is 60.7 Å². The van der Waals surface area contributed by atoms with Crippen molar-refractivity contribution in [2.24, 2.45) is 0 Å². The van der Waals surface area contributed by atoms with E-state index in [0.717, 1.165) is 36.6 Å². The summed E-state index contributed by atoms with van der Waals surface area (Å²) in [5.74, 6) is -0.150. The fourth-order valence-electron chi connectivity index (χ4n) is 4.01. The van der Waals surface area contributed by atoms with Gasteiger partial charge in [0.05, 0.1) is 17.9 Å². The highest BCUT2D eigenvalue weighted by Crippen LogP contribution is 2.23. The molecule has 0 fully saturated rings. The fraction of sp³-hybridized carbons (Fsp3) is 0.323. The predicted octanol–water partition coefficient (Wildman–Crippen LogP) is 7.27. The van der Waals surface area contributed by atoms with Crippen molar-refractivity contribution in [3.63, 3.8) is 0 Å². The van der Waals surface area contributed by atoms with Crippen LogP contribution in [0.3, 0.4) is 0 Å². The molecule has 0 atom stereocenters. The van der Waals surface area contributed by atoms with Gasteiger partial charge in [-0.1, -0.05) is 68.1 Å². The van der Waals surface area contributed by atoms with Crippen molar-refractivity contribution in [2.75, 3.05) is 6.61 Å². The van der Waals surface area contributed by atoms with Crippen LogP contribution in [-0.4, -0.2) is 33.7 Å². The molecule has 0 saturated heterocycles. The third-order valence-electron chi connectivity index (χ3n) is 5.98. The number of hydrogen-bond acceptors (Lipinski definition) is 5. The fourth-order valence-corrected chi connectivity index (χ4v) is 4.90. The quantitative estimate of drug-likeness (QED) is 0.139. The summed E-state index contributed by atoms with van der Waals surface area (Å²) >= 11 is 1.61. The van der Waals surface area contributed by atoms with Gasteiger partial charge in [0.25, 0.3) is 0 Å². The van der Waals surface area contributed by atoms with E-state index in [1.807, 2.05) is 24.3 Å². The van der Waals surface area contributed by atoms with E-state index in [-0.39, 0.29) is 5.56 Å². The van der Waals surface area contributed by atoms with Crippen LogP contribution in [-0.2, 0) is 22.7 Å². The summed E-state index contributed by atoms with van der Waals surface area (Å²) in [4.78, 5) is 26.8. The van der Waals surface area contributed by atoms with Crippen LogP contribution in [0.1, 0.15) is 71.4 Å². The van der Waals surface area contributed by atoms with Crippen LogP contribution >= 0.6 is 11.8 Å². The average Bonchev–Trinajstić information content (AvgIpc) is 2.92. The summed E-state index contributed by atoms with van der Waals surface area (Å²) in [6, 6.07) is 21.2. The van der Waals surface area contributed by atoms with E-state index in [4.69, 9.17) is 14.9 Å². The van der Waals surface area contributed by atoms with Crippen LogP contribution in [0.4, 0.5) is 0 Å². The molecule has 0 spiro atoms. The highest BCUT2D eigenvalue weighted by molar-refractivity contribution is 7.97. The highest BCUT2D eigenvalue weighted by Gasteiger charge is 2.08. The summed E-state index contributed by atoms with van der Waals surface area (Å²) in [6.07, 6.45) is 10.5. The van der Waals surface area contributed by atoms with Crippen LogP contribution in [0, 0.1) is 0 Å². The summed E-state index contributed by atoms with van der Waals surface area (Å²) < 4.78 is 5.95. The number of hydrogen-bond donors (Lipinski definition) is 2. The Labute approximate surface area is 228 Å². The lowest BCUT2D eigenvalue weighted by molar-refractivity contribution is -0.131. The van der Waals surface area contributed by atoms with Gasteiger partial charge in [-0.2, -0.15) is 11.8 Å². The molecule has 3 rings (SSSR count). The van der Waals surface area contributed by atoms with Gasteiger partial charge in [0.1, 0.15) is 11.4 Å². The molecule has 0 radical (unpaired) electrons. The maximum Gasteiger partial charge on any atom is 0.335 e. The zero-order valence-corrected chi connectivity index (χ0v) is 22.4. The van der Waals surface area contributed by atoms with Crippen molar-refractivity contribution in [3.05, 3.63) is 101 Å². The minimum absolute atomic E-state index is 0.270. The Kier molecular flexibility index (Phi) is 12.4. The molecule has 0 aliphatic carbocycles. The molecule has 0 aliphatic rings. The van der Waals surface area contributed by atoms with Gasteiger partial charge in [-0.3, -0.25) is 0 Å². The second-order valence-corrected chi connectivity index (χ2v) is 10.0. The van der Waals surface area contributed by atoms with E-state index >= 15 is 0 Å². The molecule has 2 aromatic carbocycles. The number of benzene rings is 2. The van der Waals surface area contributed by atoms with Crippen molar-refractivity contribution in [1.82, 2.24) is 4.98 Å². The lowest BCUT2D eigenvalue weighted by Crippen LogP contribution is -2.02. The molecule has 6 nitrogen and oxygen atoms in total. The first-order valence-electron chi connectivity index (χ1n) is 13.0. The number of aliphatic carboxylic acids is 1. The Morgan fingerprint density at radius 3 is 2.32 bits per heavy atom. The summed E-state index contributed by atoms with van der Waals surface area (Å²) in [5.41, 5.74) is 3.90. The first-order valence-corrected chi connectivity index (χ1v) is 14.1. The van der Waals surface area contributed by atoms with Crippen LogP contribution in [0.2, 0.25) is 0 Å². The van der Waals surface area contributed by atoms with E-state index in [0.29, 0.717) is 29.6 Å². The van der Waals surface area contributed by atoms with Gasteiger partial charge in [0.15, 0.2) is 0 Å². The lowest BCUT2D eigenvalue weighted by Gasteiger charge is -2.11. The van der Waals surface area contributed by atoms with Gasteiger partial charge >= 0.3 is 11.9 Å². The smallest absolute Gasteiger partial charge is 0.335 e.